The van der Waals surface area contributed by atoms with Crippen LogP contribution in [0.25, 0.3) is 0 Å². The molecule has 4 nitrogen and oxygen atoms in total. The van der Waals surface area contributed by atoms with Gasteiger partial charge in [-0.15, -0.1) is 11.3 Å². The van der Waals surface area contributed by atoms with Crippen LogP contribution in [0.5, 0.6) is 5.75 Å². The number of benzene rings is 1. The van der Waals surface area contributed by atoms with Crippen LogP contribution >= 0.6 is 23.6 Å². The average Bonchev–Trinajstić information content (AvgIpc) is 2.75. The molecule has 6 heteroatoms. The second-order valence-electron chi connectivity index (χ2n) is 3.57. The molecule has 0 bridgehead atoms. The monoisotopic (exact) mass is 279 g/mol. The van der Waals surface area contributed by atoms with Crippen molar-refractivity contribution in [2.45, 2.75) is 6.92 Å². The maximum absolute atomic E-state index is 5.24. The van der Waals surface area contributed by atoms with E-state index in [4.69, 9.17) is 17.0 Å². The van der Waals surface area contributed by atoms with Gasteiger partial charge in [-0.2, -0.15) is 0 Å². The van der Waals surface area contributed by atoms with Crippen LogP contribution in [-0.2, 0) is 0 Å². The van der Waals surface area contributed by atoms with E-state index in [0.717, 1.165) is 22.3 Å². The van der Waals surface area contributed by atoms with Gasteiger partial charge in [0.1, 0.15) is 5.75 Å². The Morgan fingerprint density at radius 2 is 2.11 bits per heavy atom. The fraction of sp³-hybridized carbons (Fsp3) is 0.167. The number of methoxy groups -OCH3 is 1. The van der Waals surface area contributed by atoms with Crippen LogP contribution in [0, 0.1) is 6.92 Å². The highest BCUT2D eigenvalue weighted by atomic mass is 32.1. The van der Waals surface area contributed by atoms with Crippen molar-refractivity contribution >= 4 is 39.5 Å². The number of hydrogen-bond donors (Lipinski definition) is 2. The van der Waals surface area contributed by atoms with E-state index in [1.807, 2.05) is 36.6 Å². The number of thiocarbonyl (C=S) groups is 1. The summed E-state index contributed by atoms with van der Waals surface area (Å²) >= 11 is 6.74. The van der Waals surface area contributed by atoms with Crippen molar-refractivity contribution in [3.8, 4) is 5.75 Å². The summed E-state index contributed by atoms with van der Waals surface area (Å²) in [4.78, 5) is 4.28. The molecule has 0 unspecified atom stereocenters. The maximum Gasteiger partial charge on any atom is 0.189 e. The molecule has 0 amide bonds. The van der Waals surface area contributed by atoms with Crippen molar-refractivity contribution in [3.05, 3.63) is 35.3 Å². The summed E-state index contributed by atoms with van der Waals surface area (Å²) in [5, 5.41) is 9.35. The van der Waals surface area contributed by atoms with Crippen LogP contribution in [0.15, 0.2) is 29.6 Å². The lowest BCUT2D eigenvalue weighted by Crippen LogP contribution is -2.19. The molecule has 0 spiro atoms. The lowest BCUT2D eigenvalue weighted by Gasteiger charge is -2.11. The molecule has 1 aromatic heterocycles. The second-order valence-corrected chi connectivity index (χ2v) is 4.84. The van der Waals surface area contributed by atoms with Gasteiger partial charge in [0.15, 0.2) is 10.2 Å². The Labute approximate surface area is 115 Å². The third kappa shape index (κ3) is 3.18. The number of nitrogens with one attached hydrogen (secondary N) is 2. The zero-order chi connectivity index (χ0) is 13.0. The van der Waals surface area contributed by atoms with Crippen molar-refractivity contribution in [1.82, 2.24) is 4.98 Å². The van der Waals surface area contributed by atoms with Crippen molar-refractivity contribution in [3.63, 3.8) is 0 Å². The number of thiazole rings is 1. The van der Waals surface area contributed by atoms with Gasteiger partial charge >= 0.3 is 0 Å². The topological polar surface area (TPSA) is 46.2 Å². The SMILES string of the molecule is COc1ccccc1NC(=S)Nc1nc(C)cs1. The van der Waals surface area contributed by atoms with Gasteiger partial charge in [0.05, 0.1) is 18.5 Å². The number of rotatable bonds is 3. The minimum atomic E-state index is 0.494. The molecular formula is C12H13N3OS2. The lowest BCUT2D eigenvalue weighted by molar-refractivity contribution is 0.417. The molecule has 0 aliphatic rings. The molecular weight excluding hydrogens is 266 g/mol. The number of aromatic nitrogens is 1. The lowest BCUT2D eigenvalue weighted by atomic mass is 10.3. The number of ether oxygens (including phenoxy) is 1. The van der Waals surface area contributed by atoms with Gasteiger partial charge in [0.2, 0.25) is 0 Å². The minimum absolute atomic E-state index is 0.494. The molecule has 0 atom stereocenters. The summed E-state index contributed by atoms with van der Waals surface area (Å²) in [5.41, 5.74) is 1.80. The van der Waals surface area contributed by atoms with E-state index < -0.39 is 0 Å². The molecule has 1 heterocycles. The third-order valence-corrected chi connectivity index (χ3v) is 3.27. The Bertz CT molecular complexity index is 554. The van der Waals surface area contributed by atoms with Crippen LogP contribution in [0.1, 0.15) is 5.69 Å². The van der Waals surface area contributed by atoms with Crippen LogP contribution < -0.4 is 15.4 Å². The van der Waals surface area contributed by atoms with Gasteiger partial charge in [-0.25, -0.2) is 4.98 Å². The summed E-state index contributed by atoms with van der Waals surface area (Å²) in [6.07, 6.45) is 0. The molecule has 2 N–H and O–H groups in total. The Hall–Kier alpha value is -1.66. The molecule has 18 heavy (non-hydrogen) atoms. The van der Waals surface area contributed by atoms with E-state index in [2.05, 4.69) is 15.6 Å². The van der Waals surface area contributed by atoms with E-state index in [-0.39, 0.29) is 0 Å². The van der Waals surface area contributed by atoms with Gasteiger partial charge < -0.3 is 15.4 Å². The molecule has 1 aromatic carbocycles. The standard InChI is InChI=1S/C12H13N3OS2/c1-8-7-18-12(13-8)15-11(17)14-9-5-3-4-6-10(9)16-2/h3-7H,1-2H3,(H2,13,14,15,17). The van der Waals surface area contributed by atoms with Crippen LogP contribution in [0.4, 0.5) is 10.8 Å². The Morgan fingerprint density at radius 3 is 2.78 bits per heavy atom. The van der Waals surface area contributed by atoms with E-state index >= 15 is 0 Å². The first-order valence-corrected chi connectivity index (χ1v) is 6.61. The van der Waals surface area contributed by atoms with E-state index in [9.17, 15) is 0 Å². The molecule has 0 radical (unpaired) electrons. The fourth-order valence-electron chi connectivity index (χ4n) is 1.41. The first-order valence-electron chi connectivity index (χ1n) is 5.32. The summed E-state index contributed by atoms with van der Waals surface area (Å²) in [5.74, 6) is 0.747. The van der Waals surface area contributed by atoms with Crippen molar-refractivity contribution in [2.24, 2.45) is 0 Å². The number of nitrogens with zero attached hydrogens (tertiary/aromatic N) is 1. The summed E-state index contributed by atoms with van der Waals surface area (Å²) < 4.78 is 5.24. The summed E-state index contributed by atoms with van der Waals surface area (Å²) in [6.45, 7) is 1.94. The minimum Gasteiger partial charge on any atom is -0.495 e. The maximum atomic E-state index is 5.24. The molecule has 0 saturated carbocycles. The zero-order valence-electron chi connectivity index (χ0n) is 10.1. The van der Waals surface area contributed by atoms with Gasteiger partial charge in [-0.3, -0.25) is 0 Å². The van der Waals surface area contributed by atoms with Crippen molar-refractivity contribution in [1.29, 1.82) is 0 Å². The predicted octanol–water partition coefficient (Wildman–Crippen LogP) is 3.27. The number of para-hydroxylation sites is 2. The van der Waals surface area contributed by atoms with Crippen LogP contribution in [-0.4, -0.2) is 17.2 Å². The summed E-state index contributed by atoms with van der Waals surface area (Å²) in [7, 11) is 1.63. The zero-order valence-corrected chi connectivity index (χ0v) is 11.7. The van der Waals surface area contributed by atoms with E-state index in [1.165, 1.54) is 11.3 Å². The van der Waals surface area contributed by atoms with Gasteiger partial charge in [-0.1, -0.05) is 12.1 Å². The fourth-order valence-corrected chi connectivity index (χ4v) is 2.37. The third-order valence-electron chi connectivity index (χ3n) is 2.19. The first kappa shape index (κ1) is 12.8. The highest BCUT2D eigenvalue weighted by Gasteiger charge is 2.05. The van der Waals surface area contributed by atoms with Crippen molar-refractivity contribution < 1.29 is 4.74 Å². The quantitative estimate of drug-likeness (QED) is 0.844. The van der Waals surface area contributed by atoms with Crippen molar-refractivity contribution in [2.75, 3.05) is 17.7 Å². The second kappa shape index (κ2) is 5.79. The Morgan fingerprint density at radius 1 is 1.33 bits per heavy atom. The van der Waals surface area contributed by atoms with Gasteiger partial charge in [0, 0.05) is 5.38 Å². The highest BCUT2D eigenvalue weighted by molar-refractivity contribution is 7.80. The highest BCUT2D eigenvalue weighted by Crippen LogP contribution is 2.23. The molecule has 0 aliphatic carbocycles. The molecule has 2 aromatic rings. The molecule has 94 valence electrons. The number of aryl methyl sites for hydroxylation is 1. The average molecular weight is 279 g/mol. The molecule has 0 saturated heterocycles. The van der Waals surface area contributed by atoms with E-state index in [1.54, 1.807) is 7.11 Å². The Kier molecular flexibility index (Phi) is 4.11. The summed E-state index contributed by atoms with van der Waals surface area (Å²) in [6, 6.07) is 7.60. The number of anilines is 2. The molecule has 2 rings (SSSR count). The first-order chi connectivity index (χ1) is 8.69. The number of hydrogen-bond acceptors (Lipinski definition) is 4. The van der Waals surface area contributed by atoms with E-state index in [0.29, 0.717) is 5.11 Å². The molecule has 0 fully saturated rings. The van der Waals surface area contributed by atoms with Crippen LogP contribution in [0.2, 0.25) is 0 Å². The van der Waals surface area contributed by atoms with Crippen LogP contribution in [0.3, 0.4) is 0 Å². The normalized spacial score (nSPS) is 9.89. The largest absolute Gasteiger partial charge is 0.495 e. The smallest absolute Gasteiger partial charge is 0.189 e. The Balaban J connectivity index is 2.03. The van der Waals surface area contributed by atoms with Gasteiger partial charge in [-0.05, 0) is 31.3 Å². The molecule has 0 aliphatic heterocycles. The van der Waals surface area contributed by atoms with Gasteiger partial charge in [0.25, 0.3) is 0 Å². The predicted molar refractivity (Wildman–Crippen MR) is 79.7 cm³/mol.